The Morgan fingerprint density at radius 1 is 1.15 bits per heavy atom. The molecule has 0 atom stereocenters. The molecule has 4 rings (SSSR count). The van der Waals surface area contributed by atoms with Crippen molar-refractivity contribution in [1.82, 2.24) is 0 Å². The van der Waals surface area contributed by atoms with E-state index in [0.29, 0.717) is 33.7 Å². The molecule has 0 saturated heterocycles. The summed E-state index contributed by atoms with van der Waals surface area (Å²) in [5, 5.41) is 10.1. The van der Waals surface area contributed by atoms with Gasteiger partial charge in [0.15, 0.2) is 5.43 Å². The van der Waals surface area contributed by atoms with Crippen LogP contribution in [0.3, 0.4) is 0 Å². The molecular formula is C21H15ClO4. The van der Waals surface area contributed by atoms with Crippen molar-refractivity contribution in [3.63, 3.8) is 0 Å². The molecule has 2 aromatic carbocycles. The van der Waals surface area contributed by atoms with E-state index in [-0.39, 0.29) is 11.0 Å². The summed E-state index contributed by atoms with van der Waals surface area (Å²) in [5.41, 5.74) is 2.72. The monoisotopic (exact) mass is 366 g/mol. The smallest absolute Gasteiger partial charge is 0.335 e. The lowest BCUT2D eigenvalue weighted by Gasteiger charge is -2.18. The molecule has 5 heteroatoms. The van der Waals surface area contributed by atoms with Crippen molar-refractivity contribution >= 4 is 40.2 Å². The summed E-state index contributed by atoms with van der Waals surface area (Å²) in [6.45, 7) is 0. The van der Waals surface area contributed by atoms with Crippen molar-refractivity contribution in [3.05, 3.63) is 80.2 Å². The van der Waals surface area contributed by atoms with Crippen molar-refractivity contribution in [2.75, 3.05) is 0 Å². The molecule has 1 heterocycles. The zero-order chi connectivity index (χ0) is 18.3. The van der Waals surface area contributed by atoms with Gasteiger partial charge in [-0.1, -0.05) is 29.8 Å². The van der Waals surface area contributed by atoms with Gasteiger partial charge in [-0.25, -0.2) is 4.79 Å². The second-order valence-electron chi connectivity index (χ2n) is 6.30. The molecule has 4 nitrogen and oxygen atoms in total. The summed E-state index contributed by atoms with van der Waals surface area (Å²) in [5.74, 6) is -0.486. The van der Waals surface area contributed by atoms with Crippen LogP contribution < -0.4 is 5.43 Å². The maximum Gasteiger partial charge on any atom is 0.335 e. The van der Waals surface area contributed by atoms with Gasteiger partial charge in [0.05, 0.1) is 10.9 Å². The minimum Gasteiger partial charge on any atom is -0.478 e. The molecule has 0 radical (unpaired) electrons. The van der Waals surface area contributed by atoms with E-state index >= 15 is 0 Å². The molecule has 0 saturated carbocycles. The fourth-order valence-electron chi connectivity index (χ4n) is 3.34. The van der Waals surface area contributed by atoms with Crippen LogP contribution in [0, 0.1) is 0 Å². The predicted octanol–water partition coefficient (Wildman–Crippen LogP) is 5.02. The van der Waals surface area contributed by atoms with Gasteiger partial charge in [-0.2, -0.15) is 0 Å². The Labute approximate surface area is 154 Å². The molecular weight excluding hydrogens is 352 g/mol. The fraction of sp³-hybridized carbons (Fsp3) is 0.143. The second-order valence-corrected chi connectivity index (χ2v) is 6.71. The van der Waals surface area contributed by atoms with Crippen LogP contribution >= 0.6 is 11.6 Å². The van der Waals surface area contributed by atoms with Crippen molar-refractivity contribution in [1.29, 1.82) is 0 Å². The summed E-state index contributed by atoms with van der Waals surface area (Å²) in [6.07, 6.45) is 4.20. The highest BCUT2D eigenvalue weighted by Crippen LogP contribution is 2.34. The first-order valence-electron chi connectivity index (χ1n) is 8.33. The number of halogens is 1. The number of rotatable bonds is 2. The Bertz CT molecular complexity index is 1120. The maximum atomic E-state index is 12.9. The fourth-order valence-corrected chi connectivity index (χ4v) is 3.53. The molecule has 1 aromatic heterocycles. The van der Waals surface area contributed by atoms with E-state index in [1.165, 1.54) is 12.1 Å². The first-order chi connectivity index (χ1) is 12.5. The quantitative estimate of drug-likeness (QED) is 0.691. The second kappa shape index (κ2) is 6.46. The van der Waals surface area contributed by atoms with E-state index in [1.54, 1.807) is 6.07 Å². The van der Waals surface area contributed by atoms with Gasteiger partial charge in [0.2, 0.25) is 0 Å². The molecule has 0 bridgehead atoms. The SMILES string of the molecule is O=C(O)c1ccc2oc3c(c(=O)c2c1)CCC/C3=C/c1ccccc1Cl. The zero-order valence-electron chi connectivity index (χ0n) is 13.8. The molecule has 1 N–H and O–H groups in total. The number of carboxylic acid groups (broad SMARTS) is 1. The standard InChI is InChI=1S/C21H15ClO4/c22-17-7-2-1-4-12(17)10-13-5-3-6-15-19(23)16-11-14(21(24)25)8-9-18(16)26-20(13)15/h1-2,4,7-11H,3,5-6H2,(H,24,25)/b13-10-. The number of benzene rings is 2. The Morgan fingerprint density at radius 3 is 2.73 bits per heavy atom. The molecule has 0 unspecified atom stereocenters. The van der Waals surface area contributed by atoms with Crippen molar-refractivity contribution in [3.8, 4) is 0 Å². The Kier molecular flexibility index (Phi) is 4.13. The average molecular weight is 367 g/mol. The summed E-state index contributed by atoms with van der Waals surface area (Å²) in [6, 6.07) is 11.9. The van der Waals surface area contributed by atoms with Crippen LogP contribution in [0.15, 0.2) is 51.7 Å². The third-order valence-corrected chi connectivity index (χ3v) is 4.98. The van der Waals surface area contributed by atoms with Gasteiger partial charge in [-0.3, -0.25) is 4.79 Å². The normalized spacial score (nSPS) is 15.2. The van der Waals surface area contributed by atoms with Crippen molar-refractivity contribution in [2.45, 2.75) is 19.3 Å². The highest BCUT2D eigenvalue weighted by Gasteiger charge is 2.22. The molecule has 0 spiro atoms. The van der Waals surface area contributed by atoms with Gasteiger partial charge in [0.25, 0.3) is 0 Å². The first-order valence-corrected chi connectivity index (χ1v) is 8.71. The van der Waals surface area contributed by atoms with Crippen LogP contribution in [-0.2, 0) is 6.42 Å². The van der Waals surface area contributed by atoms with Gasteiger partial charge < -0.3 is 9.52 Å². The Balaban J connectivity index is 1.93. The largest absolute Gasteiger partial charge is 0.478 e. The minimum atomic E-state index is -1.07. The third kappa shape index (κ3) is 2.82. The van der Waals surface area contributed by atoms with Crippen LogP contribution in [0.25, 0.3) is 22.6 Å². The number of allylic oxidation sites excluding steroid dienone is 1. The number of fused-ring (bicyclic) bond motifs is 2. The maximum absolute atomic E-state index is 12.9. The molecule has 0 aliphatic heterocycles. The van der Waals surface area contributed by atoms with E-state index in [1.807, 2.05) is 30.3 Å². The summed E-state index contributed by atoms with van der Waals surface area (Å²) >= 11 is 6.25. The van der Waals surface area contributed by atoms with Gasteiger partial charge in [0, 0.05) is 10.6 Å². The van der Waals surface area contributed by atoms with E-state index in [2.05, 4.69) is 0 Å². The summed E-state index contributed by atoms with van der Waals surface area (Å²) in [4.78, 5) is 24.1. The average Bonchev–Trinajstić information content (AvgIpc) is 2.64. The Hall–Kier alpha value is -2.85. The minimum absolute atomic E-state index is 0.0763. The molecule has 1 aliphatic carbocycles. The van der Waals surface area contributed by atoms with Crippen molar-refractivity contribution in [2.24, 2.45) is 0 Å². The summed E-state index contributed by atoms with van der Waals surface area (Å²) in [7, 11) is 0. The third-order valence-electron chi connectivity index (χ3n) is 4.63. The highest BCUT2D eigenvalue weighted by atomic mass is 35.5. The van der Waals surface area contributed by atoms with E-state index in [4.69, 9.17) is 21.1 Å². The molecule has 0 fully saturated rings. The lowest BCUT2D eigenvalue weighted by molar-refractivity contribution is 0.0697. The van der Waals surface area contributed by atoms with Crippen LogP contribution in [0.4, 0.5) is 0 Å². The lowest BCUT2D eigenvalue weighted by atomic mass is 9.90. The topological polar surface area (TPSA) is 67.5 Å². The molecule has 26 heavy (non-hydrogen) atoms. The molecule has 1 aliphatic rings. The van der Waals surface area contributed by atoms with Crippen LogP contribution in [0.5, 0.6) is 0 Å². The molecule has 130 valence electrons. The van der Waals surface area contributed by atoms with Gasteiger partial charge in [0.1, 0.15) is 11.3 Å². The zero-order valence-corrected chi connectivity index (χ0v) is 14.5. The van der Waals surface area contributed by atoms with Gasteiger partial charge in [-0.15, -0.1) is 0 Å². The molecule has 3 aromatic rings. The Morgan fingerprint density at radius 2 is 1.96 bits per heavy atom. The van der Waals surface area contributed by atoms with E-state index in [0.717, 1.165) is 24.0 Å². The number of hydrogen-bond donors (Lipinski definition) is 1. The summed E-state index contributed by atoms with van der Waals surface area (Å²) < 4.78 is 6.02. The van der Waals surface area contributed by atoms with Crippen LogP contribution in [-0.4, -0.2) is 11.1 Å². The number of carboxylic acids is 1. The highest BCUT2D eigenvalue weighted by molar-refractivity contribution is 6.32. The van der Waals surface area contributed by atoms with Crippen LogP contribution in [0.2, 0.25) is 5.02 Å². The van der Waals surface area contributed by atoms with E-state index < -0.39 is 5.97 Å². The van der Waals surface area contributed by atoms with Gasteiger partial charge >= 0.3 is 5.97 Å². The number of aromatic carboxylic acids is 1. The van der Waals surface area contributed by atoms with Crippen molar-refractivity contribution < 1.29 is 14.3 Å². The predicted molar refractivity (Wildman–Crippen MR) is 102 cm³/mol. The lowest BCUT2D eigenvalue weighted by Crippen LogP contribution is -2.16. The first kappa shape index (κ1) is 16.6. The van der Waals surface area contributed by atoms with Gasteiger partial charge in [-0.05, 0) is 60.7 Å². The molecule has 0 amide bonds. The van der Waals surface area contributed by atoms with Crippen LogP contribution in [0.1, 0.15) is 40.1 Å². The number of carbonyl (C=O) groups is 1. The van der Waals surface area contributed by atoms with E-state index in [9.17, 15) is 9.59 Å². The number of hydrogen-bond acceptors (Lipinski definition) is 3.